The van der Waals surface area contributed by atoms with Gasteiger partial charge in [0.05, 0.1) is 0 Å². The van der Waals surface area contributed by atoms with Crippen molar-refractivity contribution in [2.24, 2.45) is 5.11 Å². The number of amides is 1. The maximum atomic E-state index is 14.1. The Morgan fingerprint density at radius 2 is 1.56 bits per heavy atom. The van der Waals surface area contributed by atoms with Crippen LogP contribution >= 0.6 is 0 Å². The summed E-state index contributed by atoms with van der Waals surface area (Å²) >= 11 is 0. The highest BCUT2D eigenvalue weighted by molar-refractivity contribution is 5.97. The number of fused-ring (bicyclic) bond motifs is 1. The molecule has 268 valence electrons. The van der Waals surface area contributed by atoms with Crippen molar-refractivity contribution in [3.63, 3.8) is 0 Å². The summed E-state index contributed by atoms with van der Waals surface area (Å²) in [6.07, 6.45) is -18.6. The number of rotatable bonds is 12. The Morgan fingerprint density at radius 3 is 2.10 bits per heavy atom. The second kappa shape index (κ2) is 12.7. The summed E-state index contributed by atoms with van der Waals surface area (Å²) in [5.41, 5.74) is 7.75. The van der Waals surface area contributed by atoms with Gasteiger partial charge in [0.25, 0.3) is 0 Å². The Kier molecular flexibility index (Phi) is 10.1. The Morgan fingerprint density at radius 1 is 0.979 bits per heavy atom. The van der Waals surface area contributed by atoms with Gasteiger partial charge in [-0.25, -0.2) is 15.0 Å². The van der Waals surface area contributed by atoms with E-state index in [0.29, 0.717) is 10.9 Å². The van der Waals surface area contributed by atoms with E-state index < -0.39 is 115 Å². The molecule has 14 nitrogen and oxygen atoms in total. The largest absolute Gasteiger partial charge is 0.463 e. The Balaban J connectivity index is 1.88. The van der Waals surface area contributed by atoms with Crippen molar-refractivity contribution in [2.45, 2.75) is 80.1 Å². The van der Waals surface area contributed by atoms with Crippen molar-refractivity contribution in [3.8, 4) is 0 Å². The molecule has 1 aliphatic heterocycles. The molecule has 3 N–H and O–H groups in total. The smallest absolute Gasteiger partial charge is 0.460 e. The first-order valence-electron chi connectivity index (χ1n) is 12.5. The third kappa shape index (κ3) is 6.33. The first kappa shape index (κ1) is 38.2. The number of esters is 1. The number of nitrogens with zero attached hydrogens (tertiary/aromatic N) is 7. The maximum Gasteiger partial charge on any atom is 0.460 e. The van der Waals surface area contributed by atoms with Gasteiger partial charge in [-0.05, 0) is 10.6 Å². The number of carbonyl (C=O) groups is 2. The number of aliphatic hydroxyl groups excluding tert-OH is 2. The molecule has 27 heteroatoms. The van der Waals surface area contributed by atoms with E-state index in [1.165, 1.54) is 0 Å². The first-order valence-corrected chi connectivity index (χ1v) is 12.5. The third-order valence-electron chi connectivity index (χ3n) is 6.56. The third-order valence-corrected chi connectivity index (χ3v) is 6.56. The molecule has 1 amide bonds. The van der Waals surface area contributed by atoms with Crippen molar-refractivity contribution < 1.29 is 86.4 Å². The summed E-state index contributed by atoms with van der Waals surface area (Å²) in [5.74, 6) is -42.4. The summed E-state index contributed by atoms with van der Waals surface area (Å²) in [7, 11) is 0. The molecule has 1 saturated heterocycles. The highest BCUT2D eigenvalue weighted by atomic mass is 19.4. The molecule has 0 bridgehead atoms. The number of ether oxygens (including phenoxy) is 2. The highest BCUT2D eigenvalue weighted by Gasteiger charge is 2.90. The van der Waals surface area contributed by atoms with Crippen LogP contribution in [0.1, 0.15) is 26.0 Å². The zero-order valence-electron chi connectivity index (χ0n) is 23.1. The van der Waals surface area contributed by atoms with Crippen molar-refractivity contribution >= 4 is 34.8 Å². The van der Waals surface area contributed by atoms with Gasteiger partial charge in [-0.3, -0.25) is 14.2 Å². The zero-order valence-corrected chi connectivity index (χ0v) is 23.1. The van der Waals surface area contributed by atoms with E-state index in [1.54, 1.807) is 5.32 Å². The van der Waals surface area contributed by atoms with Crippen LogP contribution in [0.5, 0.6) is 0 Å². The molecular formula is C21H17F13N8O6. The van der Waals surface area contributed by atoms with E-state index in [9.17, 15) is 76.9 Å². The van der Waals surface area contributed by atoms with Crippen LogP contribution in [0.3, 0.4) is 0 Å². The fourth-order valence-corrected chi connectivity index (χ4v) is 4.04. The fraction of sp³-hybridized carbons (Fsp3) is 0.667. The monoisotopic (exact) mass is 724 g/mol. The first-order chi connectivity index (χ1) is 21.8. The molecule has 0 radical (unpaired) electrons. The van der Waals surface area contributed by atoms with Crippen LogP contribution in [0.4, 0.5) is 68.8 Å². The maximum absolute atomic E-state index is 14.1. The molecule has 3 heterocycles. The van der Waals surface area contributed by atoms with E-state index in [4.69, 9.17) is 15.0 Å². The SMILES string of the molecule is CC(=O)OC[C@H]1O[C@@H](n2c(N=[N+]=[N-])nc3c(NC(=O)CCC(F)(F)C(F)(F)C(F)(F)C(F)(F)C(F)(F)C(F)(F)F)ncnc32)[C@H](O)[C@@H]1O. The van der Waals surface area contributed by atoms with E-state index in [2.05, 4.69) is 25.0 Å². The van der Waals surface area contributed by atoms with E-state index in [-0.39, 0.29) is 0 Å². The summed E-state index contributed by atoms with van der Waals surface area (Å²) in [6.45, 7) is 0.410. The summed E-state index contributed by atoms with van der Waals surface area (Å²) < 4.78 is 184. The average Bonchev–Trinajstić information content (AvgIpc) is 3.46. The van der Waals surface area contributed by atoms with Gasteiger partial charge in [-0.2, -0.15) is 57.1 Å². The van der Waals surface area contributed by atoms with Crippen LogP contribution < -0.4 is 5.32 Å². The number of aromatic nitrogens is 4. The van der Waals surface area contributed by atoms with E-state index >= 15 is 0 Å². The van der Waals surface area contributed by atoms with Crippen LogP contribution in [0.2, 0.25) is 0 Å². The lowest BCUT2D eigenvalue weighted by Crippen LogP contribution is -2.70. The number of nitrogens with one attached hydrogen (secondary N) is 1. The molecule has 0 saturated carbocycles. The van der Waals surface area contributed by atoms with Crippen LogP contribution in [0.25, 0.3) is 21.6 Å². The second-order valence-corrected chi connectivity index (χ2v) is 9.76. The zero-order chi connectivity index (χ0) is 36.8. The molecule has 0 aliphatic carbocycles. The standard InChI is InChI=1S/C21H17F13N8O6/c1-6(43)47-4-7-10(45)11(46)14(48-7)42-13-9(39-15(42)40-41-35)12(36-5-37-13)38-8(44)2-3-16(22,23)17(24,25)18(26,27)19(28,29)20(30,31)21(32,33)34/h5,7,10-11,14,45-46H,2-4H2,1H3,(H,36,37,38,44)/t7-,10-,11-,14-/m1/s1. The summed E-state index contributed by atoms with van der Waals surface area (Å²) in [5, 5.41) is 25.6. The number of carbonyl (C=O) groups excluding carboxylic acids is 2. The molecule has 2 aromatic heterocycles. The molecule has 0 spiro atoms. The number of aliphatic hydroxyl groups is 2. The second-order valence-electron chi connectivity index (χ2n) is 9.76. The summed E-state index contributed by atoms with van der Waals surface area (Å²) in [4.78, 5) is 36.8. The molecule has 1 aliphatic rings. The number of imidazole rings is 1. The van der Waals surface area contributed by atoms with Crippen molar-refractivity contribution in [1.29, 1.82) is 0 Å². The van der Waals surface area contributed by atoms with Crippen LogP contribution in [0, 0.1) is 0 Å². The van der Waals surface area contributed by atoms with E-state index in [1.807, 2.05) is 0 Å². The van der Waals surface area contributed by atoms with Gasteiger partial charge in [0, 0.05) is 24.7 Å². The lowest BCUT2D eigenvalue weighted by atomic mass is 9.92. The molecule has 0 unspecified atom stereocenters. The molecule has 48 heavy (non-hydrogen) atoms. The van der Waals surface area contributed by atoms with Gasteiger partial charge in [-0.1, -0.05) is 0 Å². The van der Waals surface area contributed by atoms with Crippen molar-refractivity contribution in [1.82, 2.24) is 19.5 Å². The highest BCUT2D eigenvalue weighted by Crippen LogP contribution is 2.60. The minimum atomic E-state index is -8.10. The number of alkyl halides is 13. The minimum absolute atomic E-state index is 0.517. The lowest BCUT2D eigenvalue weighted by molar-refractivity contribution is -0.440. The predicted molar refractivity (Wildman–Crippen MR) is 125 cm³/mol. The molecule has 2 aromatic rings. The minimum Gasteiger partial charge on any atom is -0.463 e. The molecule has 3 rings (SSSR count). The van der Waals surface area contributed by atoms with Gasteiger partial charge in [0.1, 0.15) is 31.2 Å². The normalized spacial score (nSPS) is 21.2. The van der Waals surface area contributed by atoms with Gasteiger partial charge >= 0.3 is 41.8 Å². The van der Waals surface area contributed by atoms with Crippen LogP contribution in [-0.4, -0.2) is 102 Å². The Labute approximate surface area is 255 Å². The van der Waals surface area contributed by atoms with Crippen LogP contribution in [-0.2, 0) is 19.1 Å². The fourth-order valence-electron chi connectivity index (χ4n) is 4.04. The quantitative estimate of drug-likeness (QED) is 0.0934. The average molecular weight is 724 g/mol. The van der Waals surface area contributed by atoms with Gasteiger partial charge in [0.2, 0.25) is 11.9 Å². The number of hydrogen-bond donors (Lipinski definition) is 3. The van der Waals surface area contributed by atoms with Crippen LogP contribution in [0.15, 0.2) is 11.4 Å². The Bertz CT molecular complexity index is 1600. The number of hydrogen-bond acceptors (Lipinski definition) is 10. The van der Waals surface area contributed by atoms with Crippen molar-refractivity contribution in [3.05, 3.63) is 16.8 Å². The van der Waals surface area contributed by atoms with E-state index in [0.717, 1.165) is 6.92 Å². The molecular weight excluding hydrogens is 707 g/mol. The van der Waals surface area contributed by atoms with Gasteiger partial charge < -0.3 is 25.0 Å². The van der Waals surface area contributed by atoms with Gasteiger partial charge in [-0.15, -0.1) is 0 Å². The lowest BCUT2D eigenvalue weighted by Gasteiger charge is -2.39. The number of anilines is 1. The Hall–Kier alpha value is -4.23. The number of azide groups is 1. The van der Waals surface area contributed by atoms with Crippen molar-refractivity contribution in [2.75, 3.05) is 11.9 Å². The number of halogens is 13. The van der Waals surface area contributed by atoms with Gasteiger partial charge in [0.15, 0.2) is 23.2 Å². The topological polar surface area (TPSA) is 197 Å². The summed E-state index contributed by atoms with van der Waals surface area (Å²) in [6, 6.07) is 0. The molecule has 1 fully saturated rings. The molecule has 4 atom stereocenters. The molecule has 0 aromatic carbocycles. The predicted octanol–water partition coefficient (Wildman–Crippen LogP) is 4.41.